The van der Waals surface area contributed by atoms with Crippen molar-refractivity contribution < 1.29 is 14.4 Å². The molecule has 0 aliphatic carbocycles. The van der Waals surface area contributed by atoms with E-state index in [1.165, 1.54) is 24.9 Å². The van der Waals surface area contributed by atoms with Gasteiger partial charge in [0.1, 0.15) is 6.04 Å². The van der Waals surface area contributed by atoms with Gasteiger partial charge in [-0.3, -0.25) is 19.7 Å². The molecule has 33 heavy (non-hydrogen) atoms. The van der Waals surface area contributed by atoms with Crippen molar-refractivity contribution in [2.75, 3.05) is 31.1 Å². The summed E-state index contributed by atoms with van der Waals surface area (Å²) in [7, 11) is 0. The predicted octanol–water partition coefficient (Wildman–Crippen LogP) is 2.69. The molecule has 1 aromatic carbocycles. The molecule has 4 aliphatic rings. The van der Waals surface area contributed by atoms with Crippen LogP contribution >= 0.6 is 0 Å². The van der Waals surface area contributed by atoms with E-state index >= 15 is 0 Å². The van der Waals surface area contributed by atoms with Crippen LogP contribution in [-0.2, 0) is 16.1 Å². The number of nitrogens with zero attached hydrogens (tertiary/aromatic N) is 2. The number of nitrogens with one attached hydrogen (secondary N) is 2. The summed E-state index contributed by atoms with van der Waals surface area (Å²) in [6, 6.07) is 5.56. The number of carbonyl (C=O) groups is 3. The molecule has 4 aliphatic heterocycles. The zero-order chi connectivity index (χ0) is 23.4. The van der Waals surface area contributed by atoms with E-state index in [9.17, 15) is 14.4 Å². The zero-order valence-corrected chi connectivity index (χ0v) is 20.1. The second-order valence-corrected chi connectivity index (χ2v) is 11.5. The van der Waals surface area contributed by atoms with Crippen LogP contribution in [0.4, 0.5) is 5.69 Å². The van der Waals surface area contributed by atoms with Crippen LogP contribution in [0.5, 0.6) is 0 Å². The number of piperidine rings is 3. The van der Waals surface area contributed by atoms with Gasteiger partial charge in [0.2, 0.25) is 11.8 Å². The Morgan fingerprint density at radius 2 is 1.82 bits per heavy atom. The molecule has 1 spiro atoms. The smallest absolute Gasteiger partial charge is 0.255 e. The van der Waals surface area contributed by atoms with Crippen molar-refractivity contribution in [2.24, 2.45) is 16.7 Å². The van der Waals surface area contributed by atoms with Crippen molar-refractivity contribution in [3.05, 3.63) is 29.3 Å². The summed E-state index contributed by atoms with van der Waals surface area (Å²) >= 11 is 0. The number of amides is 3. The first-order valence-corrected chi connectivity index (χ1v) is 12.4. The first-order valence-electron chi connectivity index (χ1n) is 12.4. The fraction of sp³-hybridized carbons (Fsp3) is 0.654. The minimum absolute atomic E-state index is 0.105. The monoisotopic (exact) mass is 452 g/mol. The Hall–Kier alpha value is -2.41. The van der Waals surface area contributed by atoms with Crippen molar-refractivity contribution in [3.8, 4) is 0 Å². The van der Waals surface area contributed by atoms with Gasteiger partial charge in [-0.25, -0.2) is 0 Å². The summed E-state index contributed by atoms with van der Waals surface area (Å²) in [5.41, 5.74) is 3.54. The highest BCUT2D eigenvalue weighted by Crippen LogP contribution is 2.51. The van der Waals surface area contributed by atoms with Gasteiger partial charge in [0.25, 0.3) is 5.91 Å². The fourth-order valence-electron chi connectivity index (χ4n) is 6.77. The Morgan fingerprint density at radius 1 is 1.06 bits per heavy atom. The van der Waals surface area contributed by atoms with Crippen molar-refractivity contribution in [1.82, 2.24) is 15.5 Å². The Balaban J connectivity index is 1.29. The molecule has 2 atom stereocenters. The van der Waals surface area contributed by atoms with E-state index < -0.39 is 6.04 Å². The third-order valence-electron chi connectivity index (χ3n) is 8.56. The molecule has 2 N–H and O–H groups in total. The largest absolute Gasteiger partial charge is 0.371 e. The van der Waals surface area contributed by atoms with E-state index in [-0.39, 0.29) is 24.1 Å². The van der Waals surface area contributed by atoms with E-state index in [2.05, 4.69) is 48.4 Å². The second kappa shape index (κ2) is 8.12. The molecule has 0 radical (unpaired) electrons. The van der Waals surface area contributed by atoms with Gasteiger partial charge in [-0.1, -0.05) is 20.8 Å². The highest BCUT2D eigenvalue weighted by atomic mass is 16.2. The summed E-state index contributed by atoms with van der Waals surface area (Å²) in [6.45, 7) is 11.9. The summed E-state index contributed by atoms with van der Waals surface area (Å²) in [4.78, 5) is 40.9. The van der Waals surface area contributed by atoms with Gasteiger partial charge >= 0.3 is 0 Å². The van der Waals surface area contributed by atoms with E-state index in [0.717, 1.165) is 31.7 Å². The highest BCUT2D eigenvalue weighted by molar-refractivity contribution is 6.05. The number of rotatable bonds is 2. The van der Waals surface area contributed by atoms with Crippen LogP contribution in [0.2, 0.25) is 0 Å². The third kappa shape index (κ3) is 3.94. The second-order valence-electron chi connectivity index (χ2n) is 11.5. The summed E-state index contributed by atoms with van der Waals surface area (Å²) < 4.78 is 0. The van der Waals surface area contributed by atoms with Crippen molar-refractivity contribution >= 4 is 23.4 Å². The molecule has 7 heteroatoms. The van der Waals surface area contributed by atoms with Crippen LogP contribution in [-0.4, -0.2) is 54.8 Å². The minimum Gasteiger partial charge on any atom is -0.371 e. The molecule has 2 unspecified atom stereocenters. The van der Waals surface area contributed by atoms with Gasteiger partial charge in [-0.2, -0.15) is 0 Å². The SMILES string of the molecule is CC(C)(C)C1CNCCC12CCN(c1ccc3c(c1)CN(C1CCC(=O)NC1=O)C3=O)CC2. The molecule has 3 fully saturated rings. The van der Waals surface area contributed by atoms with Gasteiger partial charge in [0.05, 0.1) is 0 Å². The average Bonchev–Trinajstić information content (AvgIpc) is 3.09. The van der Waals surface area contributed by atoms with Crippen LogP contribution < -0.4 is 15.5 Å². The van der Waals surface area contributed by atoms with E-state index in [1.807, 2.05) is 6.07 Å². The summed E-state index contributed by atoms with van der Waals surface area (Å²) in [5.74, 6) is -0.0377. The maximum absolute atomic E-state index is 13.0. The molecule has 4 heterocycles. The number of hydrogen-bond donors (Lipinski definition) is 2. The summed E-state index contributed by atoms with van der Waals surface area (Å²) in [6.07, 6.45) is 4.34. The van der Waals surface area contributed by atoms with Crippen molar-refractivity contribution in [3.63, 3.8) is 0 Å². The van der Waals surface area contributed by atoms with E-state index in [1.54, 1.807) is 4.90 Å². The lowest BCUT2D eigenvalue weighted by molar-refractivity contribution is -0.136. The lowest BCUT2D eigenvalue weighted by Gasteiger charge is -2.54. The number of anilines is 1. The van der Waals surface area contributed by atoms with Crippen LogP contribution in [0.15, 0.2) is 18.2 Å². The Labute approximate surface area is 196 Å². The molecule has 3 saturated heterocycles. The molecule has 1 aromatic rings. The van der Waals surface area contributed by atoms with Crippen molar-refractivity contribution in [2.45, 2.75) is 65.5 Å². The minimum atomic E-state index is -0.560. The Morgan fingerprint density at radius 3 is 2.52 bits per heavy atom. The standard InChI is InChI=1S/C26H36N4O3/c1-25(2,3)21-15-27-11-8-26(21)9-12-29(13-10-26)18-4-5-19-17(14-18)16-30(24(19)33)20-6-7-22(31)28-23(20)32/h4-5,14,20-21,27H,6-13,15-16H2,1-3H3,(H,28,31,32). The average molecular weight is 453 g/mol. The molecular formula is C26H36N4O3. The molecule has 0 aromatic heterocycles. The number of fused-ring (bicyclic) bond motifs is 1. The van der Waals surface area contributed by atoms with Crippen LogP contribution in [0.3, 0.4) is 0 Å². The highest BCUT2D eigenvalue weighted by Gasteiger charge is 2.47. The van der Waals surface area contributed by atoms with Gasteiger partial charge in [0.15, 0.2) is 0 Å². The topological polar surface area (TPSA) is 81.8 Å². The van der Waals surface area contributed by atoms with Crippen molar-refractivity contribution in [1.29, 1.82) is 0 Å². The van der Waals surface area contributed by atoms with E-state index in [0.29, 0.717) is 35.3 Å². The molecule has 7 nitrogen and oxygen atoms in total. The number of benzene rings is 1. The predicted molar refractivity (Wildman–Crippen MR) is 127 cm³/mol. The number of imide groups is 1. The first kappa shape index (κ1) is 22.4. The normalized spacial score (nSPS) is 27.7. The molecule has 178 valence electrons. The molecule has 0 bridgehead atoms. The fourth-order valence-corrected chi connectivity index (χ4v) is 6.77. The molecule has 0 saturated carbocycles. The van der Waals surface area contributed by atoms with Crippen LogP contribution in [0.1, 0.15) is 68.8 Å². The lowest BCUT2D eigenvalue weighted by atomic mass is 9.57. The van der Waals surface area contributed by atoms with Gasteiger partial charge in [-0.05, 0) is 79.3 Å². The summed E-state index contributed by atoms with van der Waals surface area (Å²) in [5, 5.41) is 6.00. The van der Waals surface area contributed by atoms with Gasteiger partial charge in [-0.15, -0.1) is 0 Å². The maximum atomic E-state index is 13.0. The van der Waals surface area contributed by atoms with Crippen LogP contribution in [0, 0.1) is 16.7 Å². The lowest BCUT2D eigenvalue weighted by Crippen LogP contribution is -2.55. The number of hydrogen-bond acceptors (Lipinski definition) is 5. The number of carbonyl (C=O) groups excluding carboxylic acids is 3. The Kier molecular flexibility index (Phi) is 5.51. The maximum Gasteiger partial charge on any atom is 0.255 e. The van der Waals surface area contributed by atoms with Gasteiger partial charge < -0.3 is 15.1 Å². The zero-order valence-electron chi connectivity index (χ0n) is 20.1. The first-order chi connectivity index (χ1) is 15.7. The molecule has 3 amide bonds. The molecule has 5 rings (SSSR count). The molecular weight excluding hydrogens is 416 g/mol. The Bertz CT molecular complexity index is 974. The van der Waals surface area contributed by atoms with Gasteiger partial charge in [0, 0.05) is 37.3 Å². The van der Waals surface area contributed by atoms with Crippen LogP contribution in [0.25, 0.3) is 0 Å². The quantitative estimate of drug-likeness (QED) is 0.675. The van der Waals surface area contributed by atoms with E-state index in [4.69, 9.17) is 0 Å². The third-order valence-corrected chi connectivity index (χ3v) is 8.56.